The zero-order valence-corrected chi connectivity index (χ0v) is 18.2. The predicted molar refractivity (Wildman–Crippen MR) is 120 cm³/mol. The van der Waals surface area contributed by atoms with Crippen molar-refractivity contribution >= 4 is 40.9 Å². The van der Waals surface area contributed by atoms with Crippen LogP contribution in [-0.2, 0) is 20.9 Å². The zero-order valence-electron chi connectivity index (χ0n) is 17.4. The second-order valence-corrected chi connectivity index (χ2v) is 8.26. The molecule has 30 heavy (non-hydrogen) atoms. The topological polar surface area (TPSA) is 63.6 Å². The van der Waals surface area contributed by atoms with E-state index in [1.54, 1.807) is 12.1 Å². The highest BCUT2D eigenvalue weighted by Gasteiger charge is 2.34. The molecule has 0 saturated carbocycles. The lowest BCUT2D eigenvalue weighted by Crippen LogP contribution is -2.54. The summed E-state index contributed by atoms with van der Waals surface area (Å²) in [6, 6.07) is 9.48. The van der Waals surface area contributed by atoms with Crippen molar-refractivity contribution in [3.63, 3.8) is 0 Å². The lowest BCUT2D eigenvalue weighted by molar-refractivity contribution is -0.122. The van der Waals surface area contributed by atoms with Gasteiger partial charge in [-0.25, -0.2) is 0 Å². The van der Waals surface area contributed by atoms with Gasteiger partial charge in [0.2, 0.25) is 0 Å². The lowest BCUT2D eigenvalue weighted by Gasteiger charge is -2.29. The van der Waals surface area contributed by atoms with Crippen molar-refractivity contribution in [1.82, 2.24) is 9.88 Å². The highest BCUT2D eigenvalue weighted by atomic mass is 32.1. The number of ether oxygens (including phenoxy) is 1. The van der Waals surface area contributed by atoms with Gasteiger partial charge in [0, 0.05) is 24.5 Å². The van der Waals surface area contributed by atoms with E-state index >= 15 is 0 Å². The second-order valence-electron chi connectivity index (χ2n) is 7.87. The van der Waals surface area contributed by atoms with E-state index in [1.165, 1.54) is 4.90 Å². The van der Waals surface area contributed by atoms with Crippen molar-refractivity contribution in [3.05, 3.63) is 58.4 Å². The zero-order chi connectivity index (χ0) is 21.4. The number of carbonyl (C=O) groups is 2. The molecule has 1 N–H and O–H groups in total. The molecule has 1 atom stereocenters. The van der Waals surface area contributed by atoms with Crippen LogP contribution < -0.4 is 10.2 Å². The molecule has 2 fully saturated rings. The number of aryl methyl sites for hydroxylation is 2. The minimum absolute atomic E-state index is 0.0717. The van der Waals surface area contributed by atoms with Crippen LogP contribution in [0.25, 0.3) is 6.08 Å². The van der Waals surface area contributed by atoms with E-state index in [0.29, 0.717) is 5.69 Å². The summed E-state index contributed by atoms with van der Waals surface area (Å²) < 4.78 is 7.96. The van der Waals surface area contributed by atoms with Gasteiger partial charge in [-0.15, -0.1) is 0 Å². The average Bonchev–Trinajstić information content (AvgIpc) is 3.29. The number of hydrogen-bond donors (Lipinski definition) is 1. The van der Waals surface area contributed by atoms with E-state index in [9.17, 15) is 9.59 Å². The first kappa shape index (κ1) is 20.5. The molecule has 1 aromatic carbocycles. The highest BCUT2D eigenvalue weighted by Crippen LogP contribution is 2.26. The Morgan fingerprint density at radius 1 is 1.23 bits per heavy atom. The highest BCUT2D eigenvalue weighted by molar-refractivity contribution is 7.80. The summed E-state index contributed by atoms with van der Waals surface area (Å²) in [6.45, 7) is 7.56. The maximum Gasteiger partial charge on any atom is 0.270 e. The largest absolute Gasteiger partial charge is 0.376 e. The number of carbonyl (C=O) groups excluding carboxylic acids is 2. The summed E-state index contributed by atoms with van der Waals surface area (Å²) in [6.07, 6.45) is 4.02. The molecule has 7 heteroatoms. The van der Waals surface area contributed by atoms with Gasteiger partial charge in [-0.1, -0.05) is 12.1 Å². The van der Waals surface area contributed by atoms with Crippen LogP contribution in [0.3, 0.4) is 0 Å². The first-order chi connectivity index (χ1) is 14.3. The fourth-order valence-corrected chi connectivity index (χ4v) is 4.34. The molecule has 2 aromatic rings. The first-order valence-electron chi connectivity index (χ1n) is 10.1. The van der Waals surface area contributed by atoms with Crippen LogP contribution in [0.4, 0.5) is 5.69 Å². The number of nitrogens with zero attached hydrogens (tertiary/aromatic N) is 2. The summed E-state index contributed by atoms with van der Waals surface area (Å²) in [5.74, 6) is -0.892. The Morgan fingerprint density at radius 3 is 2.73 bits per heavy atom. The maximum absolute atomic E-state index is 13.2. The molecule has 2 amide bonds. The summed E-state index contributed by atoms with van der Waals surface area (Å²) in [4.78, 5) is 27.2. The third-order valence-electron chi connectivity index (χ3n) is 5.68. The van der Waals surface area contributed by atoms with E-state index in [-0.39, 0.29) is 16.8 Å². The number of benzene rings is 1. The van der Waals surface area contributed by atoms with E-state index in [4.69, 9.17) is 17.0 Å². The number of anilines is 1. The van der Waals surface area contributed by atoms with E-state index in [2.05, 4.69) is 9.88 Å². The smallest absolute Gasteiger partial charge is 0.270 e. The number of rotatable bonds is 4. The lowest BCUT2D eigenvalue weighted by atomic mass is 10.1. The number of aromatic nitrogens is 1. The molecule has 156 valence electrons. The van der Waals surface area contributed by atoms with Gasteiger partial charge in [0.1, 0.15) is 5.57 Å². The minimum atomic E-state index is -0.474. The average molecular weight is 424 g/mol. The van der Waals surface area contributed by atoms with Gasteiger partial charge in [0.15, 0.2) is 5.11 Å². The Hall–Kier alpha value is -2.77. The van der Waals surface area contributed by atoms with Crippen LogP contribution in [-0.4, -0.2) is 34.2 Å². The molecule has 0 aliphatic carbocycles. The van der Waals surface area contributed by atoms with Crippen LogP contribution in [0.5, 0.6) is 0 Å². The Balaban J connectivity index is 1.67. The molecular weight excluding hydrogens is 398 g/mol. The molecule has 0 bridgehead atoms. The Bertz CT molecular complexity index is 1060. The van der Waals surface area contributed by atoms with Crippen LogP contribution in [0, 0.1) is 20.8 Å². The molecule has 4 rings (SSSR count). The van der Waals surface area contributed by atoms with Gasteiger partial charge < -0.3 is 9.30 Å². The monoisotopic (exact) mass is 423 g/mol. The van der Waals surface area contributed by atoms with Crippen molar-refractivity contribution in [2.75, 3.05) is 11.5 Å². The van der Waals surface area contributed by atoms with Gasteiger partial charge >= 0.3 is 0 Å². The van der Waals surface area contributed by atoms with E-state index in [1.807, 2.05) is 45.0 Å². The Morgan fingerprint density at radius 2 is 2.03 bits per heavy atom. The second kappa shape index (κ2) is 8.16. The van der Waals surface area contributed by atoms with Crippen molar-refractivity contribution in [3.8, 4) is 0 Å². The van der Waals surface area contributed by atoms with Crippen molar-refractivity contribution in [1.29, 1.82) is 0 Å². The predicted octanol–water partition coefficient (Wildman–Crippen LogP) is 3.42. The first-order valence-corrected chi connectivity index (χ1v) is 10.5. The molecule has 3 heterocycles. The van der Waals surface area contributed by atoms with Crippen LogP contribution in [0.15, 0.2) is 35.9 Å². The van der Waals surface area contributed by atoms with Gasteiger partial charge in [-0.2, -0.15) is 0 Å². The standard InChI is InChI=1S/C23H25N3O3S/c1-14-6-4-7-18(10-14)26-22(28)20(21(27)24-23(26)30)12-17-11-15(2)25(16(17)3)13-19-8-5-9-29-19/h4,6-7,10-12,19H,5,8-9,13H2,1-3H3,(H,24,27,30)/b20-12-. The number of nitrogens with one attached hydrogen (secondary N) is 1. The molecule has 0 spiro atoms. The van der Waals surface area contributed by atoms with Gasteiger partial charge in [-0.3, -0.25) is 19.8 Å². The number of thiocarbonyl (C=S) groups is 1. The quantitative estimate of drug-likeness (QED) is 0.465. The van der Waals surface area contributed by atoms with Crippen molar-refractivity contribution in [2.45, 2.75) is 46.3 Å². The summed E-state index contributed by atoms with van der Waals surface area (Å²) in [7, 11) is 0. The van der Waals surface area contributed by atoms with Crippen molar-refractivity contribution in [2.24, 2.45) is 0 Å². The van der Waals surface area contributed by atoms with E-state index in [0.717, 1.165) is 48.5 Å². The minimum Gasteiger partial charge on any atom is -0.376 e. The number of amides is 2. The van der Waals surface area contributed by atoms with Gasteiger partial charge in [0.05, 0.1) is 11.8 Å². The van der Waals surface area contributed by atoms with E-state index < -0.39 is 11.8 Å². The molecule has 1 unspecified atom stereocenters. The fourth-order valence-electron chi connectivity index (χ4n) is 4.06. The molecule has 2 saturated heterocycles. The van der Waals surface area contributed by atoms with Gasteiger partial charge in [-0.05, 0) is 81.2 Å². The van der Waals surface area contributed by atoms with Crippen molar-refractivity contribution < 1.29 is 14.3 Å². The molecule has 6 nitrogen and oxygen atoms in total. The molecule has 1 aromatic heterocycles. The Kier molecular flexibility index (Phi) is 5.58. The third kappa shape index (κ3) is 3.82. The normalized spacial score (nSPS) is 20.9. The summed E-state index contributed by atoms with van der Waals surface area (Å²) in [5, 5.41) is 2.74. The SMILES string of the molecule is Cc1cccc(N2C(=O)/C(=C\c3cc(C)n(CC4CCCO4)c3C)C(=O)NC2=S)c1. The molecule has 0 radical (unpaired) electrons. The van der Waals surface area contributed by atoms with Crippen LogP contribution >= 0.6 is 12.2 Å². The molecule has 2 aliphatic rings. The maximum atomic E-state index is 13.2. The third-order valence-corrected chi connectivity index (χ3v) is 5.97. The molecule has 2 aliphatic heterocycles. The molecular formula is C23H25N3O3S. The fraction of sp³-hybridized carbons (Fsp3) is 0.348. The Labute approximate surface area is 181 Å². The van der Waals surface area contributed by atoms with Crippen LogP contribution in [0.2, 0.25) is 0 Å². The summed E-state index contributed by atoms with van der Waals surface area (Å²) >= 11 is 5.28. The van der Waals surface area contributed by atoms with Gasteiger partial charge in [0.25, 0.3) is 11.8 Å². The summed E-state index contributed by atoms with van der Waals surface area (Å²) in [5.41, 5.74) is 4.64. The van der Waals surface area contributed by atoms with Crippen LogP contribution in [0.1, 0.15) is 35.4 Å². The number of hydrogen-bond acceptors (Lipinski definition) is 4.